The van der Waals surface area contributed by atoms with E-state index in [2.05, 4.69) is 20.0 Å². The summed E-state index contributed by atoms with van der Waals surface area (Å²) in [6.07, 6.45) is 1.75. The van der Waals surface area contributed by atoms with E-state index >= 15 is 0 Å². The summed E-state index contributed by atoms with van der Waals surface area (Å²) in [5, 5.41) is 5.95. The standard InChI is InChI=1S/C18H21ClN6O2S/c1-3-28(26,27)24-9-7-23(8-10-24)17-16-12-20-25(18(16)22-13(2)21-17)15-6-4-5-14(19)11-15/h4-6,11-12H,3,7-10H2,1-2H3. The van der Waals surface area contributed by atoms with E-state index in [9.17, 15) is 8.42 Å². The van der Waals surface area contributed by atoms with Gasteiger partial charge in [0.2, 0.25) is 10.0 Å². The molecule has 28 heavy (non-hydrogen) atoms. The number of fused-ring (bicyclic) bond motifs is 1. The number of sulfonamides is 1. The maximum absolute atomic E-state index is 12.1. The first-order valence-corrected chi connectivity index (χ1v) is 11.1. The number of nitrogens with zero attached hydrogens (tertiary/aromatic N) is 6. The number of rotatable bonds is 4. The van der Waals surface area contributed by atoms with E-state index in [1.165, 1.54) is 0 Å². The molecule has 0 radical (unpaired) electrons. The van der Waals surface area contributed by atoms with Gasteiger partial charge in [0, 0.05) is 31.2 Å². The van der Waals surface area contributed by atoms with Gasteiger partial charge < -0.3 is 4.90 Å². The third-order valence-electron chi connectivity index (χ3n) is 4.87. The minimum absolute atomic E-state index is 0.121. The highest BCUT2D eigenvalue weighted by Gasteiger charge is 2.27. The minimum atomic E-state index is -3.17. The Bertz CT molecular complexity index is 1120. The molecule has 0 saturated carbocycles. The highest BCUT2D eigenvalue weighted by atomic mass is 35.5. The quantitative estimate of drug-likeness (QED) is 0.643. The zero-order valence-electron chi connectivity index (χ0n) is 15.7. The lowest BCUT2D eigenvalue weighted by molar-refractivity contribution is 0.385. The molecule has 3 heterocycles. The maximum Gasteiger partial charge on any atom is 0.213 e. The number of benzene rings is 1. The second-order valence-corrected chi connectivity index (χ2v) is 9.35. The SMILES string of the molecule is CCS(=O)(=O)N1CCN(c2nc(C)nc3c2cnn3-c2cccc(Cl)c2)CC1. The van der Waals surface area contributed by atoms with E-state index < -0.39 is 10.0 Å². The molecule has 0 bridgehead atoms. The summed E-state index contributed by atoms with van der Waals surface area (Å²) in [6, 6.07) is 7.43. The van der Waals surface area contributed by atoms with Gasteiger partial charge in [-0.15, -0.1) is 0 Å². The highest BCUT2D eigenvalue weighted by molar-refractivity contribution is 7.89. The van der Waals surface area contributed by atoms with E-state index in [4.69, 9.17) is 11.6 Å². The lowest BCUT2D eigenvalue weighted by atomic mass is 10.3. The van der Waals surface area contributed by atoms with E-state index in [-0.39, 0.29) is 5.75 Å². The van der Waals surface area contributed by atoms with Crippen LogP contribution in [0.25, 0.3) is 16.7 Å². The molecule has 0 amide bonds. The molecule has 0 atom stereocenters. The number of aryl methyl sites for hydroxylation is 1. The summed E-state index contributed by atoms with van der Waals surface area (Å²) in [4.78, 5) is 11.3. The van der Waals surface area contributed by atoms with Crippen molar-refractivity contribution in [3.05, 3.63) is 41.3 Å². The van der Waals surface area contributed by atoms with Gasteiger partial charge in [-0.3, -0.25) is 0 Å². The first kappa shape index (κ1) is 19.1. The van der Waals surface area contributed by atoms with Gasteiger partial charge in [-0.1, -0.05) is 17.7 Å². The van der Waals surface area contributed by atoms with Crippen molar-refractivity contribution in [1.82, 2.24) is 24.1 Å². The third-order valence-corrected chi connectivity index (χ3v) is 6.99. The van der Waals surface area contributed by atoms with Crippen molar-refractivity contribution in [3.63, 3.8) is 0 Å². The summed E-state index contributed by atoms with van der Waals surface area (Å²) in [5.74, 6) is 1.54. The van der Waals surface area contributed by atoms with Crippen LogP contribution in [0.5, 0.6) is 0 Å². The van der Waals surface area contributed by atoms with E-state index in [0.29, 0.717) is 42.7 Å². The molecular weight excluding hydrogens is 400 g/mol. The molecule has 0 aliphatic carbocycles. The van der Waals surface area contributed by atoms with E-state index in [1.807, 2.05) is 31.2 Å². The molecule has 8 nitrogen and oxygen atoms in total. The van der Waals surface area contributed by atoms with Crippen molar-refractivity contribution in [2.24, 2.45) is 0 Å². The van der Waals surface area contributed by atoms with Gasteiger partial charge in [0.05, 0.1) is 23.0 Å². The average Bonchev–Trinajstić information content (AvgIpc) is 3.11. The number of aromatic nitrogens is 4. The fourth-order valence-corrected chi connectivity index (χ4v) is 4.67. The molecule has 0 unspecified atom stereocenters. The Morgan fingerprint density at radius 2 is 1.89 bits per heavy atom. The molecule has 0 spiro atoms. The molecule has 1 aliphatic heterocycles. The van der Waals surface area contributed by atoms with Crippen LogP contribution in [0, 0.1) is 6.92 Å². The van der Waals surface area contributed by atoms with Crippen molar-refractivity contribution in [2.45, 2.75) is 13.8 Å². The molecular formula is C18H21ClN6O2S. The highest BCUT2D eigenvalue weighted by Crippen LogP contribution is 2.27. The van der Waals surface area contributed by atoms with Gasteiger partial charge in [-0.05, 0) is 32.0 Å². The van der Waals surface area contributed by atoms with Crippen LogP contribution in [0.2, 0.25) is 5.02 Å². The van der Waals surface area contributed by atoms with Crippen LogP contribution in [-0.2, 0) is 10.0 Å². The van der Waals surface area contributed by atoms with Crippen LogP contribution in [-0.4, -0.2) is 64.4 Å². The molecule has 0 N–H and O–H groups in total. The van der Waals surface area contributed by atoms with Crippen molar-refractivity contribution in [3.8, 4) is 5.69 Å². The predicted octanol–water partition coefficient (Wildman–Crippen LogP) is 2.25. The number of hydrogen-bond acceptors (Lipinski definition) is 6. The second kappa shape index (κ2) is 7.31. The molecule has 1 saturated heterocycles. The van der Waals surface area contributed by atoms with Gasteiger partial charge in [-0.25, -0.2) is 23.1 Å². The zero-order chi connectivity index (χ0) is 19.9. The Balaban J connectivity index is 1.70. The Kier molecular flexibility index (Phi) is 4.98. The zero-order valence-corrected chi connectivity index (χ0v) is 17.3. The molecule has 10 heteroatoms. The van der Waals surface area contributed by atoms with Crippen molar-refractivity contribution in [1.29, 1.82) is 0 Å². The van der Waals surface area contributed by atoms with Crippen molar-refractivity contribution >= 4 is 38.5 Å². The largest absolute Gasteiger partial charge is 0.353 e. The van der Waals surface area contributed by atoms with Gasteiger partial charge in [0.25, 0.3) is 0 Å². The molecule has 1 fully saturated rings. The third kappa shape index (κ3) is 3.45. The molecule has 2 aromatic heterocycles. The monoisotopic (exact) mass is 420 g/mol. The normalized spacial score (nSPS) is 16.0. The van der Waals surface area contributed by atoms with Gasteiger partial charge in [-0.2, -0.15) is 9.40 Å². The fourth-order valence-electron chi connectivity index (χ4n) is 3.40. The first-order valence-electron chi connectivity index (χ1n) is 9.10. The lowest BCUT2D eigenvalue weighted by Crippen LogP contribution is -2.49. The minimum Gasteiger partial charge on any atom is -0.353 e. The summed E-state index contributed by atoms with van der Waals surface area (Å²) < 4.78 is 27.5. The van der Waals surface area contributed by atoms with Crippen LogP contribution in [0.1, 0.15) is 12.7 Å². The van der Waals surface area contributed by atoms with Gasteiger partial charge in [0.1, 0.15) is 11.6 Å². The lowest BCUT2D eigenvalue weighted by Gasteiger charge is -2.34. The molecule has 3 aromatic rings. The van der Waals surface area contributed by atoms with Gasteiger partial charge in [0.15, 0.2) is 5.65 Å². The molecule has 148 valence electrons. The fraction of sp³-hybridized carbons (Fsp3) is 0.389. The Morgan fingerprint density at radius 3 is 2.57 bits per heavy atom. The van der Waals surface area contributed by atoms with E-state index in [0.717, 1.165) is 16.9 Å². The average molecular weight is 421 g/mol. The topological polar surface area (TPSA) is 84.2 Å². The Morgan fingerprint density at radius 1 is 1.14 bits per heavy atom. The smallest absolute Gasteiger partial charge is 0.213 e. The number of halogens is 1. The second-order valence-electron chi connectivity index (χ2n) is 6.65. The van der Waals surface area contributed by atoms with Crippen LogP contribution in [0.4, 0.5) is 5.82 Å². The number of piperazine rings is 1. The summed E-state index contributed by atoms with van der Waals surface area (Å²) in [7, 11) is -3.17. The Labute approximate surface area is 168 Å². The summed E-state index contributed by atoms with van der Waals surface area (Å²) in [6.45, 7) is 5.56. The van der Waals surface area contributed by atoms with Crippen molar-refractivity contribution in [2.75, 3.05) is 36.8 Å². The van der Waals surface area contributed by atoms with Crippen LogP contribution in [0.15, 0.2) is 30.5 Å². The summed E-state index contributed by atoms with van der Waals surface area (Å²) >= 11 is 6.12. The van der Waals surface area contributed by atoms with Crippen LogP contribution in [0.3, 0.4) is 0 Å². The number of hydrogen-bond donors (Lipinski definition) is 0. The van der Waals surface area contributed by atoms with Crippen LogP contribution >= 0.6 is 11.6 Å². The van der Waals surface area contributed by atoms with Crippen molar-refractivity contribution < 1.29 is 8.42 Å². The Hall–Kier alpha value is -2.23. The number of anilines is 1. The van der Waals surface area contributed by atoms with Crippen LogP contribution < -0.4 is 4.90 Å². The predicted molar refractivity (Wildman–Crippen MR) is 110 cm³/mol. The summed E-state index contributed by atoms with van der Waals surface area (Å²) in [5.41, 5.74) is 1.53. The van der Waals surface area contributed by atoms with E-state index in [1.54, 1.807) is 22.1 Å². The van der Waals surface area contributed by atoms with Gasteiger partial charge >= 0.3 is 0 Å². The first-order chi connectivity index (χ1) is 13.4. The maximum atomic E-state index is 12.1. The molecule has 1 aromatic carbocycles. The molecule has 1 aliphatic rings. The molecule has 4 rings (SSSR count).